The Balaban J connectivity index is 1.64. The van der Waals surface area contributed by atoms with Crippen LogP contribution in [0.2, 0.25) is 5.02 Å². The molecule has 0 radical (unpaired) electrons. The smallest absolute Gasteiger partial charge is 0.0587 e. The van der Waals surface area contributed by atoms with E-state index in [4.69, 9.17) is 11.6 Å². The summed E-state index contributed by atoms with van der Waals surface area (Å²) >= 11 is 7.95. The number of rotatable bonds is 5. The van der Waals surface area contributed by atoms with Crippen LogP contribution in [0.1, 0.15) is 29.7 Å². The van der Waals surface area contributed by atoms with E-state index in [0.717, 1.165) is 18.1 Å². The van der Waals surface area contributed by atoms with E-state index >= 15 is 0 Å². The Labute approximate surface area is 113 Å². The van der Waals surface area contributed by atoms with Gasteiger partial charge in [-0.05, 0) is 43.8 Å². The standard InChI is InChI=1S/C13H21ClN2S/c1-11-10-17-12(13(11)14)9-15-5-8-16-6-3-2-4-7-16/h10,15H,2-9H2,1H3. The molecule has 1 N–H and O–H groups in total. The van der Waals surface area contributed by atoms with E-state index in [2.05, 4.69) is 22.5 Å². The van der Waals surface area contributed by atoms with Crippen molar-refractivity contribution >= 4 is 22.9 Å². The summed E-state index contributed by atoms with van der Waals surface area (Å²) < 4.78 is 0. The number of nitrogens with one attached hydrogen (secondary N) is 1. The van der Waals surface area contributed by atoms with Crippen LogP contribution in [0.15, 0.2) is 5.38 Å². The molecular weight excluding hydrogens is 252 g/mol. The Morgan fingerprint density at radius 3 is 2.76 bits per heavy atom. The summed E-state index contributed by atoms with van der Waals surface area (Å²) in [4.78, 5) is 3.82. The molecule has 0 aromatic carbocycles. The van der Waals surface area contributed by atoms with Crippen molar-refractivity contribution in [2.24, 2.45) is 0 Å². The maximum absolute atomic E-state index is 6.20. The summed E-state index contributed by atoms with van der Waals surface area (Å²) in [5.74, 6) is 0. The number of likely N-dealkylation sites (tertiary alicyclic amines) is 1. The molecule has 0 unspecified atom stereocenters. The van der Waals surface area contributed by atoms with Crippen molar-refractivity contribution in [3.63, 3.8) is 0 Å². The predicted molar refractivity (Wildman–Crippen MR) is 76.1 cm³/mol. The van der Waals surface area contributed by atoms with Crippen molar-refractivity contribution in [3.05, 3.63) is 20.8 Å². The van der Waals surface area contributed by atoms with Crippen LogP contribution in [0.3, 0.4) is 0 Å². The molecule has 0 spiro atoms. The fourth-order valence-electron chi connectivity index (χ4n) is 2.22. The second-order valence-electron chi connectivity index (χ2n) is 4.73. The number of thiophene rings is 1. The first kappa shape index (κ1) is 13.3. The Kier molecular flexibility index (Phi) is 5.29. The van der Waals surface area contributed by atoms with Crippen LogP contribution in [0.4, 0.5) is 0 Å². The number of halogens is 1. The Bertz CT molecular complexity index is 345. The van der Waals surface area contributed by atoms with Crippen molar-refractivity contribution < 1.29 is 0 Å². The minimum atomic E-state index is 0.908. The fraction of sp³-hybridized carbons (Fsp3) is 0.692. The van der Waals surface area contributed by atoms with E-state index < -0.39 is 0 Å². The minimum absolute atomic E-state index is 0.908. The van der Waals surface area contributed by atoms with Crippen molar-refractivity contribution in [2.75, 3.05) is 26.2 Å². The minimum Gasteiger partial charge on any atom is -0.311 e. The predicted octanol–water partition coefficient (Wildman–Crippen LogP) is 3.29. The van der Waals surface area contributed by atoms with Gasteiger partial charge in [0, 0.05) is 24.5 Å². The number of hydrogen-bond donors (Lipinski definition) is 1. The topological polar surface area (TPSA) is 15.3 Å². The van der Waals surface area contributed by atoms with Gasteiger partial charge in [0.05, 0.1) is 5.02 Å². The Morgan fingerprint density at radius 2 is 2.12 bits per heavy atom. The average Bonchev–Trinajstić information content (AvgIpc) is 2.67. The molecule has 4 heteroatoms. The number of piperidine rings is 1. The van der Waals surface area contributed by atoms with Gasteiger partial charge < -0.3 is 10.2 Å². The highest BCUT2D eigenvalue weighted by Gasteiger charge is 2.09. The summed E-state index contributed by atoms with van der Waals surface area (Å²) in [6.07, 6.45) is 4.15. The zero-order valence-electron chi connectivity index (χ0n) is 10.5. The van der Waals surface area contributed by atoms with Crippen molar-refractivity contribution in [3.8, 4) is 0 Å². The van der Waals surface area contributed by atoms with E-state index in [1.165, 1.54) is 49.3 Å². The van der Waals surface area contributed by atoms with Crippen molar-refractivity contribution in [1.29, 1.82) is 0 Å². The third kappa shape index (κ3) is 3.95. The van der Waals surface area contributed by atoms with Crippen LogP contribution in [-0.2, 0) is 6.54 Å². The van der Waals surface area contributed by atoms with Crippen LogP contribution in [0.5, 0.6) is 0 Å². The molecule has 17 heavy (non-hydrogen) atoms. The molecule has 1 aromatic heterocycles. The summed E-state index contributed by atoms with van der Waals surface area (Å²) in [5.41, 5.74) is 1.20. The molecule has 0 amide bonds. The highest BCUT2D eigenvalue weighted by atomic mass is 35.5. The van der Waals surface area contributed by atoms with Gasteiger partial charge in [0.2, 0.25) is 0 Å². The second kappa shape index (κ2) is 6.74. The molecule has 96 valence electrons. The van der Waals surface area contributed by atoms with E-state index in [-0.39, 0.29) is 0 Å². The van der Waals surface area contributed by atoms with Crippen molar-refractivity contribution in [2.45, 2.75) is 32.7 Å². The van der Waals surface area contributed by atoms with Gasteiger partial charge in [-0.25, -0.2) is 0 Å². The summed E-state index contributed by atoms with van der Waals surface area (Å²) in [7, 11) is 0. The number of aryl methyl sites for hydroxylation is 1. The second-order valence-corrected chi connectivity index (χ2v) is 6.08. The van der Waals surface area contributed by atoms with Crippen LogP contribution in [0, 0.1) is 6.92 Å². The number of nitrogens with zero attached hydrogens (tertiary/aromatic N) is 1. The third-order valence-electron chi connectivity index (χ3n) is 3.31. The first-order valence-electron chi connectivity index (χ1n) is 6.43. The van der Waals surface area contributed by atoms with Gasteiger partial charge in [0.15, 0.2) is 0 Å². The SMILES string of the molecule is Cc1csc(CNCCN2CCCCC2)c1Cl. The molecule has 2 rings (SSSR count). The first-order chi connectivity index (χ1) is 8.27. The molecule has 2 heterocycles. The van der Waals surface area contributed by atoms with Gasteiger partial charge in [0.25, 0.3) is 0 Å². The molecule has 1 aliphatic rings. The lowest BCUT2D eigenvalue weighted by Gasteiger charge is -2.26. The van der Waals surface area contributed by atoms with Crippen LogP contribution >= 0.6 is 22.9 Å². The maximum atomic E-state index is 6.20. The van der Waals surface area contributed by atoms with Gasteiger partial charge in [0.1, 0.15) is 0 Å². The van der Waals surface area contributed by atoms with Gasteiger partial charge in [-0.3, -0.25) is 0 Å². The van der Waals surface area contributed by atoms with E-state index in [1.807, 2.05) is 0 Å². The largest absolute Gasteiger partial charge is 0.311 e. The molecule has 0 bridgehead atoms. The van der Waals surface area contributed by atoms with Gasteiger partial charge in [-0.1, -0.05) is 18.0 Å². The average molecular weight is 273 g/mol. The quantitative estimate of drug-likeness (QED) is 0.828. The van der Waals surface area contributed by atoms with Crippen LogP contribution in [0.25, 0.3) is 0 Å². The zero-order valence-corrected chi connectivity index (χ0v) is 12.0. The lowest BCUT2D eigenvalue weighted by atomic mass is 10.1. The lowest BCUT2D eigenvalue weighted by molar-refractivity contribution is 0.229. The van der Waals surface area contributed by atoms with Crippen molar-refractivity contribution in [1.82, 2.24) is 10.2 Å². The van der Waals surface area contributed by atoms with Gasteiger partial charge >= 0.3 is 0 Å². The fourth-order valence-corrected chi connectivity index (χ4v) is 3.43. The highest BCUT2D eigenvalue weighted by molar-refractivity contribution is 7.10. The summed E-state index contributed by atoms with van der Waals surface area (Å²) in [6, 6.07) is 0. The molecule has 2 nitrogen and oxygen atoms in total. The molecule has 1 aromatic rings. The molecule has 1 aliphatic heterocycles. The summed E-state index contributed by atoms with van der Waals surface area (Å²) in [6.45, 7) is 7.76. The molecule has 0 saturated carbocycles. The Hall–Kier alpha value is -0.0900. The Morgan fingerprint density at radius 1 is 1.35 bits per heavy atom. The third-order valence-corrected chi connectivity index (χ3v) is 5.05. The van der Waals surface area contributed by atoms with Gasteiger partial charge in [-0.2, -0.15) is 0 Å². The molecular formula is C13H21ClN2S. The van der Waals surface area contributed by atoms with E-state index in [9.17, 15) is 0 Å². The normalized spacial score (nSPS) is 17.5. The first-order valence-corrected chi connectivity index (χ1v) is 7.68. The van der Waals surface area contributed by atoms with E-state index in [1.54, 1.807) is 11.3 Å². The molecule has 1 saturated heterocycles. The van der Waals surface area contributed by atoms with Crippen LogP contribution in [-0.4, -0.2) is 31.1 Å². The van der Waals surface area contributed by atoms with E-state index in [0.29, 0.717) is 0 Å². The lowest BCUT2D eigenvalue weighted by Crippen LogP contribution is -2.35. The molecule has 0 aliphatic carbocycles. The molecule has 0 atom stereocenters. The molecule has 1 fully saturated rings. The zero-order chi connectivity index (χ0) is 12.1. The number of hydrogen-bond acceptors (Lipinski definition) is 3. The maximum Gasteiger partial charge on any atom is 0.0587 e. The highest BCUT2D eigenvalue weighted by Crippen LogP contribution is 2.26. The van der Waals surface area contributed by atoms with Crippen LogP contribution < -0.4 is 5.32 Å². The monoisotopic (exact) mass is 272 g/mol. The van der Waals surface area contributed by atoms with Gasteiger partial charge in [-0.15, -0.1) is 11.3 Å². The summed E-state index contributed by atoms with van der Waals surface area (Å²) in [5, 5.41) is 6.56.